The van der Waals surface area contributed by atoms with E-state index in [0.29, 0.717) is 0 Å². The van der Waals surface area contributed by atoms with Crippen molar-refractivity contribution in [2.45, 2.75) is 13.8 Å². The topological polar surface area (TPSA) is 6.48 Å². The second-order valence-electron chi connectivity index (χ2n) is 10.9. The Labute approximate surface area is 250 Å². The van der Waals surface area contributed by atoms with Crippen LogP contribution in [0.2, 0.25) is 0 Å². The van der Waals surface area contributed by atoms with Gasteiger partial charge in [-0.05, 0) is 83.6 Å². The van der Waals surface area contributed by atoms with Crippen LogP contribution in [-0.2, 0) is 0 Å². The Kier molecular flexibility index (Phi) is 7.62. The number of anilines is 4. The highest BCUT2D eigenvalue weighted by Crippen LogP contribution is 2.39. The van der Waals surface area contributed by atoms with E-state index < -0.39 is 0 Å². The molecule has 0 unspecified atom stereocenters. The lowest BCUT2D eigenvalue weighted by molar-refractivity contribution is 1.18. The molecule has 0 aliphatic carbocycles. The number of aryl methyl sites for hydroxylation is 2. The largest absolute Gasteiger partial charge is 0.344 e. The first-order valence-electron chi connectivity index (χ1n) is 14.5. The summed E-state index contributed by atoms with van der Waals surface area (Å²) in [5.41, 5.74) is 14.6. The Morgan fingerprint density at radius 1 is 0.333 bits per heavy atom. The molecule has 6 rings (SSSR count). The van der Waals surface area contributed by atoms with E-state index >= 15 is 0 Å². The van der Waals surface area contributed by atoms with Gasteiger partial charge in [0.1, 0.15) is 0 Å². The molecule has 6 aromatic rings. The van der Waals surface area contributed by atoms with E-state index in [1.54, 1.807) is 0 Å². The van der Waals surface area contributed by atoms with Crippen molar-refractivity contribution in [2.75, 3.05) is 23.9 Å². The van der Waals surface area contributed by atoms with Gasteiger partial charge in [0.05, 0.1) is 0 Å². The molecule has 2 nitrogen and oxygen atoms in total. The van der Waals surface area contributed by atoms with Gasteiger partial charge in [-0.25, -0.2) is 0 Å². The van der Waals surface area contributed by atoms with Crippen LogP contribution in [0.25, 0.3) is 33.4 Å². The molecule has 0 spiro atoms. The highest BCUT2D eigenvalue weighted by molar-refractivity contribution is 5.85. The molecular weight excluding hydrogens is 508 g/mol. The molecule has 206 valence electrons. The number of rotatable bonds is 7. The van der Waals surface area contributed by atoms with E-state index in [2.05, 4.69) is 183 Å². The maximum Gasteiger partial charge on any atom is 0.0487 e. The SMILES string of the molecule is Cc1cc(-c2ccc(N(C)c3ccccc3-c3ccccc3)c(C)c2)ccc1N(C)c1ccccc1-c1ccccc1. The molecule has 2 heteroatoms. The zero-order valence-corrected chi connectivity index (χ0v) is 24.8. The van der Waals surface area contributed by atoms with Crippen LogP contribution in [0.3, 0.4) is 0 Å². The van der Waals surface area contributed by atoms with E-state index in [-0.39, 0.29) is 0 Å². The fraction of sp³-hybridized carbons (Fsp3) is 0.100. The fourth-order valence-electron chi connectivity index (χ4n) is 5.94. The van der Waals surface area contributed by atoms with Crippen molar-refractivity contribution in [3.8, 4) is 33.4 Å². The van der Waals surface area contributed by atoms with Gasteiger partial charge < -0.3 is 9.80 Å². The van der Waals surface area contributed by atoms with Crippen LogP contribution < -0.4 is 9.80 Å². The van der Waals surface area contributed by atoms with E-state index in [9.17, 15) is 0 Å². The first-order chi connectivity index (χ1) is 20.5. The summed E-state index contributed by atoms with van der Waals surface area (Å²) in [4.78, 5) is 4.60. The Hall–Kier alpha value is -5.08. The van der Waals surface area contributed by atoms with Crippen LogP contribution in [0.15, 0.2) is 146 Å². The maximum absolute atomic E-state index is 2.31. The lowest BCUT2D eigenvalue weighted by Gasteiger charge is -2.26. The van der Waals surface area contributed by atoms with E-state index in [1.165, 1.54) is 67.3 Å². The average molecular weight is 545 g/mol. The monoisotopic (exact) mass is 544 g/mol. The molecule has 42 heavy (non-hydrogen) atoms. The zero-order valence-electron chi connectivity index (χ0n) is 24.8. The molecule has 6 aromatic carbocycles. The van der Waals surface area contributed by atoms with Crippen molar-refractivity contribution in [1.82, 2.24) is 0 Å². The molecule has 0 amide bonds. The summed E-state index contributed by atoms with van der Waals surface area (Å²) in [6.07, 6.45) is 0. The predicted octanol–water partition coefficient (Wildman–Crippen LogP) is 10.8. The maximum atomic E-state index is 2.31. The minimum Gasteiger partial charge on any atom is -0.344 e. The Balaban J connectivity index is 1.29. The van der Waals surface area contributed by atoms with E-state index in [4.69, 9.17) is 0 Å². The van der Waals surface area contributed by atoms with Crippen molar-refractivity contribution >= 4 is 22.7 Å². The molecule has 0 radical (unpaired) electrons. The summed E-state index contributed by atoms with van der Waals surface area (Å²) < 4.78 is 0. The lowest BCUT2D eigenvalue weighted by atomic mass is 9.98. The lowest BCUT2D eigenvalue weighted by Crippen LogP contribution is -2.12. The summed E-state index contributed by atoms with van der Waals surface area (Å²) in [7, 11) is 4.32. The summed E-state index contributed by atoms with van der Waals surface area (Å²) >= 11 is 0. The normalized spacial score (nSPS) is 10.9. The molecule has 0 heterocycles. The molecule has 0 aromatic heterocycles. The third kappa shape index (κ3) is 5.32. The Morgan fingerprint density at radius 3 is 1.07 bits per heavy atom. The molecule has 0 aliphatic heterocycles. The first-order valence-corrected chi connectivity index (χ1v) is 14.5. The third-order valence-corrected chi connectivity index (χ3v) is 8.15. The smallest absolute Gasteiger partial charge is 0.0487 e. The molecular formula is C40H36N2. The van der Waals surface area contributed by atoms with Crippen LogP contribution in [0, 0.1) is 13.8 Å². The van der Waals surface area contributed by atoms with Crippen LogP contribution in [0.4, 0.5) is 22.7 Å². The van der Waals surface area contributed by atoms with Gasteiger partial charge >= 0.3 is 0 Å². The minimum atomic E-state index is 1.19. The summed E-state index contributed by atoms with van der Waals surface area (Å²) in [6.45, 7) is 4.41. The van der Waals surface area contributed by atoms with Crippen molar-refractivity contribution < 1.29 is 0 Å². The first kappa shape index (κ1) is 27.1. The van der Waals surface area contributed by atoms with Crippen molar-refractivity contribution in [2.24, 2.45) is 0 Å². The van der Waals surface area contributed by atoms with Crippen LogP contribution >= 0.6 is 0 Å². The number of hydrogen-bond acceptors (Lipinski definition) is 2. The summed E-state index contributed by atoms with van der Waals surface area (Å²) in [6, 6.07) is 52.0. The van der Waals surface area contributed by atoms with Gasteiger partial charge in [0.15, 0.2) is 0 Å². The molecule has 0 bridgehead atoms. The number of hydrogen-bond donors (Lipinski definition) is 0. The molecule has 0 saturated heterocycles. The predicted molar refractivity (Wildman–Crippen MR) is 181 cm³/mol. The standard InChI is InChI=1S/C40H36N2/c1-29-27-33(23-25-37(29)41(3)39-21-13-11-19-35(39)31-15-7-5-8-16-31)34-24-26-38(30(2)28-34)42(4)40-22-14-12-20-36(40)32-17-9-6-10-18-32/h5-28H,1-4H3. The molecule has 0 N–H and O–H groups in total. The second kappa shape index (κ2) is 11.8. The van der Waals surface area contributed by atoms with Gasteiger partial charge in [-0.2, -0.15) is 0 Å². The van der Waals surface area contributed by atoms with Crippen LogP contribution in [0.1, 0.15) is 11.1 Å². The molecule has 0 fully saturated rings. The average Bonchev–Trinajstić information content (AvgIpc) is 3.05. The van der Waals surface area contributed by atoms with Gasteiger partial charge in [-0.1, -0.05) is 109 Å². The number of benzene rings is 6. The summed E-state index contributed by atoms with van der Waals surface area (Å²) in [5, 5.41) is 0. The number of para-hydroxylation sites is 2. The zero-order chi connectivity index (χ0) is 29.1. The van der Waals surface area contributed by atoms with Crippen LogP contribution in [0.5, 0.6) is 0 Å². The minimum absolute atomic E-state index is 1.19. The van der Waals surface area contributed by atoms with Crippen molar-refractivity contribution in [3.05, 3.63) is 157 Å². The molecule has 0 saturated carbocycles. The highest BCUT2D eigenvalue weighted by atomic mass is 15.1. The van der Waals surface area contributed by atoms with E-state index in [1.807, 2.05) is 0 Å². The Bertz CT molecular complexity index is 1690. The number of nitrogens with zero attached hydrogens (tertiary/aromatic N) is 2. The van der Waals surface area contributed by atoms with Gasteiger partial charge in [0.25, 0.3) is 0 Å². The fourth-order valence-corrected chi connectivity index (χ4v) is 5.94. The van der Waals surface area contributed by atoms with E-state index in [0.717, 1.165) is 0 Å². The molecule has 0 aliphatic rings. The highest BCUT2D eigenvalue weighted by Gasteiger charge is 2.15. The van der Waals surface area contributed by atoms with Gasteiger partial charge in [0.2, 0.25) is 0 Å². The third-order valence-electron chi connectivity index (χ3n) is 8.15. The van der Waals surface area contributed by atoms with Gasteiger partial charge in [-0.15, -0.1) is 0 Å². The van der Waals surface area contributed by atoms with Crippen molar-refractivity contribution in [3.63, 3.8) is 0 Å². The summed E-state index contributed by atoms with van der Waals surface area (Å²) in [5.74, 6) is 0. The quantitative estimate of drug-likeness (QED) is 0.197. The van der Waals surface area contributed by atoms with Gasteiger partial charge in [0, 0.05) is 48.0 Å². The van der Waals surface area contributed by atoms with Crippen LogP contribution in [-0.4, -0.2) is 14.1 Å². The van der Waals surface area contributed by atoms with Gasteiger partial charge in [-0.3, -0.25) is 0 Å². The second-order valence-corrected chi connectivity index (χ2v) is 10.9. The van der Waals surface area contributed by atoms with Crippen molar-refractivity contribution in [1.29, 1.82) is 0 Å². The Morgan fingerprint density at radius 2 is 0.690 bits per heavy atom. The molecule has 0 atom stereocenters.